The van der Waals surface area contributed by atoms with Crippen LogP contribution in [0, 0.1) is 0 Å². The number of carbonyl (C=O) groups is 1. The number of fused-ring (bicyclic) bond motifs is 1. The molecule has 4 heteroatoms. The van der Waals surface area contributed by atoms with Crippen molar-refractivity contribution in [2.75, 3.05) is 32.7 Å². The van der Waals surface area contributed by atoms with E-state index in [0.717, 1.165) is 50.1 Å². The van der Waals surface area contributed by atoms with Gasteiger partial charge in [0.15, 0.2) is 5.76 Å². The lowest BCUT2D eigenvalue weighted by atomic mass is 10.1. The topological polar surface area (TPSA) is 36.7 Å². The van der Waals surface area contributed by atoms with Crippen LogP contribution in [-0.2, 0) is 6.42 Å². The van der Waals surface area contributed by atoms with Gasteiger partial charge in [-0.2, -0.15) is 0 Å². The molecule has 0 radical (unpaired) electrons. The van der Waals surface area contributed by atoms with E-state index in [1.165, 1.54) is 5.56 Å². The van der Waals surface area contributed by atoms with E-state index < -0.39 is 0 Å². The Bertz CT molecular complexity index is 815. The van der Waals surface area contributed by atoms with Crippen LogP contribution in [0.15, 0.2) is 65.1 Å². The molecule has 0 aliphatic carbocycles. The van der Waals surface area contributed by atoms with E-state index in [1.807, 2.05) is 41.3 Å². The van der Waals surface area contributed by atoms with E-state index >= 15 is 0 Å². The maximum atomic E-state index is 12.7. The van der Waals surface area contributed by atoms with Gasteiger partial charge in [-0.1, -0.05) is 48.5 Å². The Kier molecular flexibility index (Phi) is 4.53. The maximum Gasteiger partial charge on any atom is 0.289 e. The first-order chi connectivity index (χ1) is 12.3. The highest BCUT2D eigenvalue weighted by molar-refractivity contribution is 5.96. The first kappa shape index (κ1) is 15.9. The van der Waals surface area contributed by atoms with Crippen molar-refractivity contribution in [2.45, 2.75) is 6.42 Å². The van der Waals surface area contributed by atoms with Crippen molar-refractivity contribution < 1.29 is 9.21 Å². The van der Waals surface area contributed by atoms with Gasteiger partial charge in [0.2, 0.25) is 0 Å². The largest absolute Gasteiger partial charge is 0.451 e. The maximum absolute atomic E-state index is 12.7. The number of carbonyl (C=O) groups excluding carboxylic acids is 1. The molecule has 25 heavy (non-hydrogen) atoms. The summed E-state index contributed by atoms with van der Waals surface area (Å²) in [6, 6.07) is 20.1. The molecule has 1 aromatic heterocycles. The van der Waals surface area contributed by atoms with Gasteiger partial charge in [0.05, 0.1) is 0 Å². The van der Waals surface area contributed by atoms with Crippen LogP contribution in [0.3, 0.4) is 0 Å². The fourth-order valence-corrected chi connectivity index (χ4v) is 3.35. The quantitative estimate of drug-likeness (QED) is 0.733. The Morgan fingerprint density at radius 1 is 0.920 bits per heavy atom. The SMILES string of the molecule is O=C(c1cc2ccccc2o1)N1CCN(CCc2ccccc2)CC1. The zero-order chi connectivity index (χ0) is 17.1. The highest BCUT2D eigenvalue weighted by Gasteiger charge is 2.24. The molecule has 4 nitrogen and oxygen atoms in total. The Hall–Kier alpha value is -2.59. The van der Waals surface area contributed by atoms with E-state index in [4.69, 9.17) is 4.42 Å². The van der Waals surface area contributed by atoms with E-state index in [9.17, 15) is 4.79 Å². The number of furan rings is 1. The Morgan fingerprint density at radius 2 is 1.64 bits per heavy atom. The van der Waals surface area contributed by atoms with Gasteiger partial charge in [-0.15, -0.1) is 0 Å². The van der Waals surface area contributed by atoms with E-state index in [2.05, 4.69) is 29.2 Å². The van der Waals surface area contributed by atoms with Crippen LogP contribution in [-0.4, -0.2) is 48.4 Å². The molecule has 0 atom stereocenters. The van der Waals surface area contributed by atoms with Crippen molar-refractivity contribution in [3.05, 3.63) is 72.0 Å². The lowest BCUT2D eigenvalue weighted by molar-refractivity contribution is 0.0610. The third kappa shape index (κ3) is 3.59. The molecule has 4 rings (SSSR count). The summed E-state index contributed by atoms with van der Waals surface area (Å²) >= 11 is 0. The predicted octanol–water partition coefficient (Wildman–Crippen LogP) is 3.43. The molecule has 1 fully saturated rings. The number of hydrogen-bond acceptors (Lipinski definition) is 3. The highest BCUT2D eigenvalue weighted by atomic mass is 16.3. The van der Waals surface area contributed by atoms with Gasteiger partial charge in [0.1, 0.15) is 5.58 Å². The zero-order valence-electron chi connectivity index (χ0n) is 14.2. The van der Waals surface area contributed by atoms with Crippen molar-refractivity contribution in [3.63, 3.8) is 0 Å². The monoisotopic (exact) mass is 334 g/mol. The number of piperazine rings is 1. The molecule has 0 N–H and O–H groups in total. The van der Waals surface area contributed by atoms with Crippen LogP contribution in [0.25, 0.3) is 11.0 Å². The minimum atomic E-state index is -0.00101. The normalized spacial score (nSPS) is 15.6. The summed E-state index contributed by atoms with van der Waals surface area (Å²) in [4.78, 5) is 17.0. The van der Waals surface area contributed by atoms with Crippen molar-refractivity contribution in [1.82, 2.24) is 9.80 Å². The van der Waals surface area contributed by atoms with Gasteiger partial charge < -0.3 is 9.32 Å². The second kappa shape index (κ2) is 7.11. The average Bonchev–Trinajstić information content (AvgIpc) is 3.11. The van der Waals surface area contributed by atoms with Gasteiger partial charge in [-0.25, -0.2) is 0 Å². The summed E-state index contributed by atoms with van der Waals surface area (Å²) in [5, 5.41) is 0.979. The lowest BCUT2D eigenvalue weighted by Gasteiger charge is -2.34. The average molecular weight is 334 g/mol. The predicted molar refractivity (Wildman–Crippen MR) is 98.7 cm³/mol. The second-order valence-electron chi connectivity index (χ2n) is 6.52. The van der Waals surface area contributed by atoms with Crippen LogP contribution in [0.5, 0.6) is 0 Å². The van der Waals surface area contributed by atoms with Crippen molar-refractivity contribution in [3.8, 4) is 0 Å². The van der Waals surface area contributed by atoms with Crippen molar-refractivity contribution >= 4 is 16.9 Å². The molecule has 2 heterocycles. The van der Waals surface area contributed by atoms with Crippen LogP contribution >= 0.6 is 0 Å². The fraction of sp³-hybridized carbons (Fsp3) is 0.286. The summed E-state index contributed by atoms with van der Waals surface area (Å²) in [6.45, 7) is 4.38. The molecule has 2 aromatic carbocycles. The number of nitrogens with zero attached hydrogens (tertiary/aromatic N) is 2. The van der Waals surface area contributed by atoms with Gasteiger partial charge in [0.25, 0.3) is 5.91 Å². The molecule has 1 aliphatic rings. The van der Waals surface area contributed by atoms with Gasteiger partial charge >= 0.3 is 0 Å². The minimum absolute atomic E-state index is 0.00101. The van der Waals surface area contributed by atoms with Crippen LogP contribution in [0.4, 0.5) is 0 Å². The van der Waals surface area contributed by atoms with Crippen molar-refractivity contribution in [1.29, 1.82) is 0 Å². The van der Waals surface area contributed by atoms with Gasteiger partial charge in [-0.05, 0) is 24.1 Å². The summed E-state index contributed by atoms with van der Waals surface area (Å²) in [5.74, 6) is 0.442. The Morgan fingerprint density at radius 3 is 2.40 bits per heavy atom. The first-order valence-electron chi connectivity index (χ1n) is 8.84. The molecule has 0 bridgehead atoms. The molecule has 0 unspecified atom stereocenters. The summed E-state index contributed by atoms with van der Waals surface area (Å²) in [7, 11) is 0. The zero-order valence-corrected chi connectivity index (χ0v) is 14.2. The molecule has 1 saturated heterocycles. The van der Waals surface area contributed by atoms with Crippen LogP contribution in [0.1, 0.15) is 16.1 Å². The molecular weight excluding hydrogens is 312 g/mol. The number of benzene rings is 2. The molecule has 1 amide bonds. The van der Waals surface area contributed by atoms with E-state index in [-0.39, 0.29) is 5.91 Å². The molecule has 0 saturated carbocycles. The minimum Gasteiger partial charge on any atom is -0.451 e. The fourth-order valence-electron chi connectivity index (χ4n) is 3.35. The second-order valence-corrected chi connectivity index (χ2v) is 6.52. The Balaban J connectivity index is 1.32. The summed E-state index contributed by atoms with van der Waals surface area (Å²) < 4.78 is 5.71. The standard InChI is InChI=1S/C21H22N2O2/c24-21(20-16-18-8-4-5-9-19(18)25-20)23-14-12-22(13-15-23)11-10-17-6-2-1-3-7-17/h1-9,16H,10-15H2. The van der Waals surface area contributed by atoms with E-state index in [1.54, 1.807) is 0 Å². The third-order valence-corrected chi connectivity index (χ3v) is 4.86. The lowest BCUT2D eigenvalue weighted by Crippen LogP contribution is -2.49. The summed E-state index contributed by atoms with van der Waals surface area (Å²) in [5.41, 5.74) is 2.13. The Labute approximate surface area is 147 Å². The highest BCUT2D eigenvalue weighted by Crippen LogP contribution is 2.20. The molecular formula is C21H22N2O2. The molecule has 1 aliphatic heterocycles. The molecule has 128 valence electrons. The smallest absolute Gasteiger partial charge is 0.289 e. The van der Waals surface area contributed by atoms with E-state index in [0.29, 0.717) is 5.76 Å². The molecule has 0 spiro atoms. The molecule has 3 aromatic rings. The number of amides is 1. The summed E-state index contributed by atoms with van der Waals surface area (Å²) in [6.07, 6.45) is 1.05. The number of hydrogen-bond donors (Lipinski definition) is 0. The third-order valence-electron chi connectivity index (χ3n) is 4.86. The van der Waals surface area contributed by atoms with Crippen LogP contribution < -0.4 is 0 Å². The van der Waals surface area contributed by atoms with Gasteiger partial charge in [0, 0.05) is 38.1 Å². The van der Waals surface area contributed by atoms with Crippen LogP contribution in [0.2, 0.25) is 0 Å². The number of para-hydroxylation sites is 1. The van der Waals surface area contributed by atoms with Gasteiger partial charge in [-0.3, -0.25) is 9.69 Å². The number of rotatable bonds is 4. The van der Waals surface area contributed by atoms with Crippen molar-refractivity contribution in [2.24, 2.45) is 0 Å². The first-order valence-corrected chi connectivity index (χ1v) is 8.84.